The summed E-state index contributed by atoms with van der Waals surface area (Å²) in [7, 11) is 4.25. The molecule has 0 amide bonds. The van der Waals surface area contributed by atoms with Crippen LogP contribution in [0.25, 0.3) is 0 Å². The lowest BCUT2D eigenvalue weighted by atomic mass is 9.89. The van der Waals surface area contributed by atoms with Crippen LogP contribution in [0.1, 0.15) is 24.3 Å². The van der Waals surface area contributed by atoms with Crippen LogP contribution in [0, 0.1) is 0 Å². The molecule has 2 nitrogen and oxygen atoms in total. The van der Waals surface area contributed by atoms with Gasteiger partial charge in [-0.3, -0.25) is 0 Å². The van der Waals surface area contributed by atoms with E-state index in [-0.39, 0.29) is 0 Å². The summed E-state index contributed by atoms with van der Waals surface area (Å²) in [5, 5.41) is 3.42. The van der Waals surface area contributed by atoms with Gasteiger partial charge in [0.15, 0.2) is 0 Å². The fourth-order valence-electron chi connectivity index (χ4n) is 2.37. The van der Waals surface area contributed by atoms with Crippen LogP contribution in [0.2, 0.25) is 0 Å². The molecule has 0 unspecified atom stereocenters. The van der Waals surface area contributed by atoms with Crippen molar-refractivity contribution in [2.45, 2.75) is 18.8 Å². The third kappa shape index (κ3) is 2.32. The van der Waals surface area contributed by atoms with E-state index in [1.54, 1.807) is 0 Å². The van der Waals surface area contributed by atoms with Gasteiger partial charge in [0.2, 0.25) is 0 Å². The van der Waals surface area contributed by atoms with E-state index in [1.165, 1.54) is 24.1 Å². The molecule has 1 fully saturated rings. The summed E-state index contributed by atoms with van der Waals surface area (Å²) in [6.07, 6.45) is 2.54. The zero-order valence-electron chi connectivity index (χ0n) is 9.66. The van der Waals surface area contributed by atoms with Crippen molar-refractivity contribution in [2.24, 2.45) is 0 Å². The van der Waals surface area contributed by atoms with Crippen molar-refractivity contribution in [2.75, 3.05) is 32.1 Å². The fraction of sp³-hybridized carbons (Fsp3) is 0.538. The van der Waals surface area contributed by atoms with Gasteiger partial charge in [-0.1, -0.05) is 18.2 Å². The molecule has 1 N–H and O–H groups in total. The monoisotopic (exact) mass is 204 g/mol. The number of rotatable bonds is 2. The minimum absolute atomic E-state index is 0.741. The molecule has 82 valence electrons. The van der Waals surface area contributed by atoms with E-state index in [1.807, 2.05) is 0 Å². The Hall–Kier alpha value is -1.02. The Balaban J connectivity index is 2.25. The topological polar surface area (TPSA) is 15.3 Å². The van der Waals surface area contributed by atoms with Crippen LogP contribution < -0.4 is 10.2 Å². The average molecular weight is 204 g/mol. The number of hydrogen-bond acceptors (Lipinski definition) is 2. The summed E-state index contributed by atoms with van der Waals surface area (Å²) in [6, 6.07) is 8.78. The minimum atomic E-state index is 0.741. The van der Waals surface area contributed by atoms with Gasteiger partial charge in [0.25, 0.3) is 0 Å². The molecule has 1 saturated heterocycles. The van der Waals surface area contributed by atoms with Crippen molar-refractivity contribution in [3.63, 3.8) is 0 Å². The summed E-state index contributed by atoms with van der Waals surface area (Å²) in [4.78, 5) is 2.22. The third-order valence-electron chi connectivity index (χ3n) is 3.20. The summed E-state index contributed by atoms with van der Waals surface area (Å²) < 4.78 is 0. The summed E-state index contributed by atoms with van der Waals surface area (Å²) in [5.41, 5.74) is 2.90. The van der Waals surface area contributed by atoms with E-state index < -0.39 is 0 Å². The maximum absolute atomic E-state index is 3.42. The number of anilines is 1. The average Bonchev–Trinajstić information content (AvgIpc) is 2.30. The highest BCUT2D eigenvalue weighted by atomic mass is 15.1. The third-order valence-corrected chi connectivity index (χ3v) is 3.20. The first kappa shape index (κ1) is 10.5. The molecule has 0 aromatic heterocycles. The van der Waals surface area contributed by atoms with Crippen LogP contribution >= 0.6 is 0 Å². The molecule has 2 heteroatoms. The smallest absolute Gasteiger partial charge is 0.0396 e. The minimum Gasteiger partial charge on any atom is -0.377 e. The van der Waals surface area contributed by atoms with E-state index in [0.29, 0.717) is 0 Å². The number of piperidine rings is 1. The molecule has 0 atom stereocenters. The zero-order chi connectivity index (χ0) is 10.7. The van der Waals surface area contributed by atoms with Crippen molar-refractivity contribution >= 4 is 5.69 Å². The molecule has 1 heterocycles. The van der Waals surface area contributed by atoms with Gasteiger partial charge >= 0.3 is 0 Å². The van der Waals surface area contributed by atoms with Crippen LogP contribution in [0.4, 0.5) is 5.69 Å². The molecule has 15 heavy (non-hydrogen) atoms. The molecular weight excluding hydrogens is 184 g/mol. The Bertz CT molecular complexity index is 314. The normalized spacial score (nSPS) is 17.7. The Kier molecular flexibility index (Phi) is 3.27. The van der Waals surface area contributed by atoms with Crippen molar-refractivity contribution in [1.82, 2.24) is 5.32 Å². The van der Waals surface area contributed by atoms with E-state index in [0.717, 1.165) is 19.0 Å². The quantitative estimate of drug-likeness (QED) is 0.794. The Morgan fingerprint density at radius 2 is 1.80 bits per heavy atom. The Morgan fingerprint density at radius 3 is 2.47 bits per heavy atom. The van der Waals surface area contributed by atoms with Gasteiger partial charge in [0.1, 0.15) is 0 Å². The van der Waals surface area contributed by atoms with Crippen molar-refractivity contribution in [1.29, 1.82) is 0 Å². The van der Waals surface area contributed by atoms with Gasteiger partial charge in [0, 0.05) is 19.8 Å². The largest absolute Gasteiger partial charge is 0.377 e. The first-order chi connectivity index (χ1) is 7.29. The summed E-state index contributed by atoms with van der Waals surface area (Å²) in [5.74, 6) is 0.741. The fourth-order valence-corrected chi connectivity index (χ4v) is 2.37. The highest BCUT2D eigenvalue weighted by Gasteiger charge is 2.18. The zero-order valence-corrected chi connectivity index (χ0v) is 9.66. The second kappa shape index (κ2) is 4.67. The molecule has 0 bridgehead atoms. The lowest BCUT2D eigenvalue weighted by molar-refractivity contribution is 0.460. The van der Waals surface area contributed by atoms with Crippen LogP contribution in [-0.4, -0.2) is 27.2 Å². The van der Waals surface area contributed by atoms with E-state index >= 15 is 0 Å². The Labute approximate surface area is 92.3 Å². The molecule has 1 aliphatic heterocycles. The van der Waals surface area contributed by atoms with Gasteiger partial charge in [-0.25, -0.2) is 0 Å². The van der Waals surface area contributed by atoms with Crippen molar-refractivity contribution in [3.05, 3.63) is 29.8 Å². The molecule has 0 aliphatic carbocycles. The molecule has 0 saturated carbocycles. The van der Waals surface area contributed by atoms with E-state index in [4.69, 9.17) is 0 Å². The lowest BCUT2D eigenvalue weighted by Gasteiger charge is -2.27. The molecule has 0 spiro atoms. The first-order valence-corrected chi connectivity index (χ1v) is 5.76. The molecule has 1 aromatic carbocycles. The van der Waals surface area contributed by atoms with Gasteiger partial charge in [-0.05, 0) is 43.5 Å². The summed E-state index contributed by atoms with van der Waals surface area (Å²) >= 11 is 0. The van der Waals surface area contributed by atoms with Crippen molar-refractivity contribution in [3.8, 4) is 0 Å². The number of nitrogens with one attached hydrogen (secondary N) is 1. The SMILES string of the molecule is CN(C)c1ccccc1C1CCNCC1. The maximum atomic E-state index is 3.42. The second-order valence-corrected chi connectivity index (χ2v) is 4.48. The highest BCUT2D eigenvalue weighted by molar-refractivity contribution is 5.54. The highest BCUT2D eigenvalue weighted by Crippen LogP contribution is 2.31. The maximum Gasteiger partial charge on any atom is 0.0396 e. The molecular formula is C13H20N2. The van der Waals surface area contributed by atoms with Gasteiger partial charge < -0.3 is 10.2 Å². The first-order valence-electron chi connectivity index (χ1n) is 5.76. The van der Waals surface area contributed by atoms with Gasteiger partial charge in [0.05, 0.1) is 0 Å². The lowest BCUT2D eigenvalue weighted by Crippen LogP contribution is -2.27. The Morgan fingerprint density at radius 1 is 1.13 bits per heavy atom. The van der Waals surface area contributed by atoms with Gasteiger partial charge in [-0.2, -0.15) is 0 Å². The van der Waals surface area contributed by atoms with E-state index in [2.05, 4.69) is 48.6 Å². The number of para-hydroxylation sites is 1. The van der Waals surface area contributed by atoms with Crippen LogP contribution in [0.3, 0.4) is 0 Å². The number of benzene rings is 1. The predicted molar refractivity (Wildman–Crippen MR) is 65.6 cm³/mol. The molecule has 1 aromatic rings. The van der Waals surface area contributed by atoms with Crippen LogP contribution in [0.5, 0.6) is 0 Å². The van der Waals surface area contributed by atoms with Crippen molar-refractivity contribution < 1.29 is 0 Å². The van der Waals surface area contributed by atoms with Crippen LogP contribution in [0.15, 0.2) is 24.3 Å². The molecule has 1 aliphatic rings. The second-order valence-electron chi connectivity index (χ2n) is 4.48. The number of nitrogens with zero attached hydrogens (tertiary/aromatic N) is 1. The van der Waals surface area contributed by atoms with Gasteiger partial charge in [-0.15, -0.1) is 0 Å². The standard InChI is InChI=1S/C13H20N2/c1-15(2)13-6-4-3-5-12(13)11-7-9-14-10-8-11/h3-6,11,14H,7-10H2,1-2H3. The number of hydrogen-bond donors (Lipinski definition) is 1. The predicted octanol–water partition coefficient (Wildman–Crippen LogP) is 2.22. The van der Waals surface area contributed by atoms with Crippen LogP contribution in [-0.2, 0) is 0 Å². The summed E-state index contributed by atoms with van der Waals surface area (Å²) in [6.45, 7) is 2.32. The molecule has 0 radical (unpaired) electrons. The molecule has 2 rings (SSSR count). The van der Waals surface area contributed by atoms with E-state index in [9.17, 15) is 0 Å².